The van der Waals surface area contributed by atoms with Crippen LogP contribution in [0.1, 0.15) is 99.8 Å². The first-order chi connectivity index (χ1) is 16.0. The number of hydrogen-bond donors (Lipinski definition) is 4. The molecule has 0 spiro atoms. The van der Waals surface area contributed by atoms with Crippen LogP contribution in [0, 0.1) is 50.2 Å². The van der Waals surface area contributed by atoms with Crippen LogP contribution in [0.25, 0.3) is 0 Å². The van der Waals surface area contributed by atoms with Gasteiger partial charge in [0, 0.05) is 0 Å². The molecule has 0 bridgehead atoms. The SMILES string of the molecule is CC1(C)C[C@@H]2C3=CC[C@@H]4[C@@]5(C)CC[C@H](O)C(C)(C)[C@@H]5CC[C@@]4(C)[C@]3(C)C[C@H](O)[C@@]2(C(=O)O)C[C@@H]1O. The van der Waals surface area contributed by atoms with Crippen LogP contribution in [0.3, 0.4) is 0 Å². The van der Waals surface area contributed by atoms with E-state index in [4.69, 9.17) is 0 Å². The van der Waals surface area contributed by atoms with Crippen molar-refractivity contribution in [2.75, 3.05) is 0 Å². The molecule has 10 atom stereocenters. The lowest BCUT2D eigenvalue weighted by molar-refractivity contribution is -0.225. The van der Waals surface area contributed by atoms with Gasteiger partial charge in [-0.1, -0.05) is 60.1 Å². The lowest BCUT2D eigenvalue weighted by Crippen LogP contribution is -2.68. The largest absolute Gasteiger partial charge is 0.481 e. The molecule has 0 heterocycles. The van der Waals surface area contributed by atoms with Crippen molar-refractivity contribution in [3.63, 3.8) is 0 Å². The Hall–Kier alpha value is -0.910. The summed E-state index contributed by atoms with van der Waals surface area (Å²) < 4.78 is 0. The maximum atomic E-state index is 12.8. The van der Waals surface area contributed by atoms with E-state index in [1.165, 1.54) is 5.57 Å². The number of aliphatic hydroxyl groups is 3. The monoisotopic (exact) mass is 488 g/mol. The van der Waals surface area contributed by atoms with Crippen LogP contribution < -0.4 is 0 Å². The van der Waals surface area contributed by atoms with Crippen molar-refractivity contribution in [3.05, 3.63) is 11.6 Å². The highest BCUT2D eigenvalue weighted by Crippen LogP contribution is 2.75. The van der Waals surface area contributed by atoms with Crippen molar-refractivity contribution in [1.29, 1.82) is 0 Å². The van der Waals surface area contributed by atoms with E-state index in [1.54, 1.807) is 0 Å². The molecule has 0 amide bonds. The molecule has 4 N–H and O–H groups in total. The summed E-state index contributed by atoms with van der Waals surface area (Å²) >= 11 is 0. The predicted octanol–water partition coefficient (Wildman–Crippen LogP) is 5.18. The third-order valence-electron chi connectivity index (χ3n) is 13.3. The molecular formula is C30H48O5. The molecule has 0 aromatic carbocycles. The Balaban J connectivity index is 1.63. The molecule has 5 aliphatic carbocycles. The van der Waals surface area contributed by atoms with Gasteiger partial charge in [-0.25, -0.2) is 0 Å². The minimum atomic E-state index is -1.32. The van der Waals surface area contributed by atoms with E-state index in [9.17, 15) is 25.2 Å². The van der Waals surface area contributed by atoms with Crippen LogP contribution in [-0.4, -0.2) is 44.7 Å². The molecule has 0 aliphatic heterocycles. The van der Waals surface area contributed by atoms with Gasteiger partial charge in [0.05, 0.1) is 18.3 Å². The van der Waals surface area contributed by atoms with E-state index in [2.05, 4.69) is 40.7 Å². The number of carbonyl (C=O) groups is 1. The second-order valence-electron chi connectivity index (χ2n) is 15.2. The molecule has 0 aromatic rings. The summed E-state index contributed by atoms with van der Waals surface area (Å²) in [4.78, 5) is 12.8. The Bertz CT molecular complexity index is 952. The van der Waals surface area contributed by atoms with Crippen molar-refractivity contribution in [3.8, 4) is 0 Å². The highest BCUT2D eigenvalue weighted by Gasteiger charge is 2.72. The van der Waals surface area contributed by atoms with Crippen LogP contribution in [0.2, 0.25) is 0 Å². The van der Waals surface area contributed by atoms with Crippen LogP contribution in [0.4, 0.5) is 0 Å². The normalized spacial score (nSPS) is 54.4. The second kappa shape index (κ2) is 7.35. The molecule has 4 fully saturated rings. The Kier molecular flexibility index (Phi) is 5.40. The molecule has 35 heavy (non-hydrogen) atoms. The lowest BCUT2D eigenvalue weighted by atomic mass is 9.33. The average Bonchev–Trinajstić information content (AvgIpc) is 2.73. The molecule has 4 saturated carbocycles. The third-order valence-corrected chi connectivity index (χ3v) is 13.3. The van der Waals surface area contributed by atoms with E-state index >= 15 is 0 Å². The van der Waals surface area contributed by atoms with E-state index in [-0.39, 0.29) is 40.1 Å². The van der Waals surface area contributed by atoms with E-state index in [0.717, 1.165) is 32.1 Å². The van der Waals surface area contributed by atoms with E-state index < -0.39 is 29.0 Å². The summed E-state index contributed by atoms with van der Waals surface area (Å²) in [5.74, 6) is -0.342. The summed E-state index contributed by atoms with van der Waals surface area (Å²) in [6.45, 7) is 15.8. The number of carboxylic acids is 1. The molecule has 0 unspecified atom stereocenters. The van der Waals surface area contributed by atoms with Crippen LogP contribution >= 0.6 is 0 Å². The zero-order valence-corrected chi connectivity index (χ0v) is 22.9. The van der Waals surface area contributed by atoms with Gasteiger partial charge in [-0.3, -0.25) is 4.79 Å². The summed E-state index contributed by atoms with van der Waals surface area (Å²) in [6.07, 6.45) is 6.40. The fourth-order valence-electron chi connectivity index (χ4n) is 10.7. The number of rotatable bonds is 1. The quantitative estimate of drug-likeness (QED) is 0.382. The number of carboxylic acid groups (broad SMARTS) is 1. The Labute approximate surface area is 211 Å². The highest BCUT2D eigenvalue weighted by molar-refractivity contribution is 5.78. The lowest BCUT2D eigenvalue weighted by Gasteiger charge is -2.71. The molecule has 0 aromatic heterocycles. The fraction of sp³-hybridized carbons (Fsp3) is 0.900. The van der Waals surface area contributed by atoms with Crippen molar-refractivity contribution in [1.82, 2.24) is 0 Å². The Morgan fingerprint density at radius 2 is 1.49 bits per heavy atom. The molecule has 5 aliphatic rings. The number of fused-ring (bicyclic) bond motifs is 7. The molecule has 5 rings (SSSR count). The van der Waals surface area contributed by atoms with Gasteiger partial charge in [0.1, 0.15) is 5.41 Å². The van der Waals surface area contributed by atoms with Crippen molar-refractivity contribution >= 4 is 5.97 Å². The summed E-state index contributed by atoms with van der Waals surface area (Å²) in [6, 6.07) is 0. The first-order valence-corrected chi connectivity index (χ1v) is 14.0. The summed E-state index contributed by atoms with van der Waals surface area (Å²) in [7, 11) is 0. The molecule has 198 valence electrons. The Morgan fingerprint density at radius 1 is 0.829 bits per heavy atom. The van der Waals surface area contributed by atoms with Gasteiger partial charge in [-0.2, -0.15) is 0 Å². The molecule has 5 nitrogen and oxygen atoms in total. The summed E-state index contributed by atoms with van der Waals surface area (Å²) in [5, 5.41) is 44.0. The van der Waals surface area contributed by atoms with Gasteiger partial charge in [0.15, 0.2) is 0 Å². The average molecular weight is 489 g/mol. The fourth-order valence-corrected chi connectivity index (χ4v) is 10.7. The topological polar surface area (TPSA) is 98.0 Å². The highest BCUT2D eigenvalue weighted by atomic mass is 16.4. The zero-order valence-electron chi connectivity index (χ0n) is 22.9. The van der Waals surface area contributed by atoms with Gasteiger partial charge in [0.2, 0.25) is 0 Å². The van der Waals surface area contributed by atoms with Crippen LogP contribution in [0.5, 0.6) is 0 Å². The molecular weight excluding hydrogens is 440 g/mol. The van der Waals surface area contributed by atoms with Crippen LogP contribution in [0.15, 0.2) is 11.6 Å². The van der Waals surface area contributed by atoms with Gasteiger partial charge in [-0.15, -0.1) is 0 Å². The van der Waals surface area contributed by atoms with E-state index in [1.807, 2.05) is 13.8 Å². The molecule has 0 radical (unpaired) electrons. The Morgan fingerprint density at radius 3 is 2.11 bits per heavy atom. The third kappa shape index (κ3) is 2.95. The maximum absolute atomic E-state index is 12.8. The van der Waals surface area contributed by atoms with Gasteiger partial charge in [0.25, 0.3) is 0 Å². The number of hydrogen-bond acceptors (Lipinski definition) is 4. The standard InChI is InChI=1S/C30H48O5/c1-25(2)14-18-17-8-9-20-27(5)12-11-21(31)26(3,4)19(27)10-13-28(20,6)29(17,7)15-23(33)30(18,24(34)35)16-22(25)32/h8,18-23,31-33H,9-16H2,1-7H3,(H,34,35)/t18-,19+,20-,21+,22+,23+,27+,28-,29-,30-/m1/s1. The molecule has 0 saturated heterocycles. The van der Waals surface area contributed by atoms with Gasteiger partial charge >= 0.3 is 5.97 Å². The molecule has 5 heteroatoms. The van der Waals surface area contributed by atoms with Crippen LogP contribution in [-0.2, 0) is 4.79 Å². The minimum Gasteiger partial charge on any atom is -0.481 e. The maximum Gasteiger partial charge on any atom is 0.312 e. The van der Waals surface area contributed by atoms with Crippen molar-refractivity contribution in [2.24, 2.45) is 50.2 Å². The van der Waals surface area contributed by atoms with Gasteiger partial charge < -0.3 is 20.4 Å². The second-order valence-corrected chi connectivity index (χ2v) is 15.2. The van der Waals surface area contributed by atoms with Crippen molar-refractivity contribution in [2.45, 2.75) is 118 Å². The number of aliphatic hydroxyl groups excluding tert-OH is 3. The van der Waals surface area contributed by atoms with Gasteiger partial charge in [-0.05, 0) is 96.2 Å². The number of allylic oxidation sites excluding steroid dienone is 2. The van der Waals surface area contributed by atoms with Crippen molar-refractivity contribution < 1.29 is 25.2 Å². The smallest absolute Gasteiger partial charge is 0.312 e. The predicted molar refractivity (Wildman–Crippen MR) is 135 cm³/mol. The first kappa shape index (κ1) is 25.7. The minimum absolute atomic E-state index is 0.0491. The van der Waals surface area contributed by atoms with E-state index in [0.29, 0.717) is 24.7 Å². The number of aliphatic carboxylic acids is 1. The first-order valence-electron chi connectivity index (χ1n) is 14.0. The zero-order chi connectivity index (χ0) is 26.0. The summed E-state index contributed by atoms with van der Waals surface area (Å²) in [5.41, 5.74) is -0.823.